The lowest BCUT2D eigenvalue weighted by Gasteiger charge is -2.16. The van der Waals surface area contributed by atoms with Crippen LogP contribution in [0.25, 0.3) is 0 Å². The zero-order valence-corrected chi connectivity index (χ0v) is 14.2. The Morgan fingerprint density at radius 2 is 1.86 bits per heavy atom. The minimum absolute atomic E-state index is 0.0921. The normalized spacial score (nSPS) is 10.7. The molecule has 0 saturated carbocycles. The third kappa shape index (κ3) is 3.93. The number of phenolic OH excluding ortho intramolecular Hbond substituents is 1. The van der Waals surface area contributed by atoms with E-state index >= 15 is 0 Å². The molecule has 2 N–H and O–H groups in total. The lowest BCUT2D eigenvalue weighted by atomic mass is 10.3. The van der Waals surface area contributed by atoms with Gasteiger partial charge in [0, 0.05) is 29.9 Å². The Bertz CT molecular complexity index is 591. The summed E-state index contributed by atoms with van der Waals surface area (Å²) in [6.45, 7) is 6.75. The zero-order valence-electron chi connectivity index (χ0n) is 11.9. The van der Waals surface area contributed by atoms with Gasteiger partial charge in [-0.25, -0.2) is 4.98 Å². The number of hydrogen-bond acceptors (Lipinski definition) is 5. The van der Waals surface area contributed by atoms with Gasteiger partial charge >= 0.3 is 0 Å². The Hall–Kier alpha value is -1.17. The van der Waals surface area contributed by atoms with E-state index in [9.17, 15) is 5.11 Å². The molecule has 0 radical (unpaired) electrons. The van der Waals surface area contributed by atoms with E-state index in [-0.39, 0.29) is 15.8 Å². The maximum absolute atomic E-state index is 9.53. The van der Waals surface area contributed by atoms with Crippen LogP contribution in [0.3, 0.4) is 0 Å². The van der Waals surface area contributed by atoms with E-state index in [1.54, 1.807) is 23.5 Å². The standard InChI is InChI=1S/C14H17Cl2N3OS/c1-3-19(4-2)14-18-8-10(21-14)7-17-9-5-11(15)13(20)12(16)6-9/h5-6,8,17,20H,3-4,7H2,1-2H3. The smallest absolute Gasteiger partial charge is 0.185 e. The minimum atomic E-state index is -0.0921. The van der Waals surface area contributed by atoms with Gasteiger partial charge < -0.3 is 15.3 Å². The number of nitrogens with zero attached hydrogens (tertiary/aromatic N) is 2. The highest BCUT2D eigenvalue weighted by molar-refractivity contribution is 7.15. The summed E-state index contributed by atoms with van der Waals surface area (Å²) in [6.07, 6.45) is 1.87. The molecule has 0 amide bonds. The fourth-order valence-electron chi connectivity index (χ4n) is 1.88. The highest BCUT2D eigenvalue weighted by Crippen LogP contribution is 2.35. The summed E-state index contributed by atoms with van der Waals surface area (Å²) >= 11 is 13.4. The predicted octanol–water partition coefficient (Wildman–Crippen LogP) is 4.61. The fourth-order valence-corrected chi connectivity index (χ4v) is 3.34. The molecule has 0 atom stereocenters. The number of aromatic nitrogens is 1. The first-order chi connectivity index (χ1) is 10.0. The van der Waals surface area contributed by atoms with Gasteiger partial charge in [-0.1, -0.05) is 23.2 Å². The van der Waals surface area contributed by atoms with Crippen LogP contribution in [-0.4, -0.2) is 23.2 Å². The molecule has 2 rings (SSSR count). The van der Waals surface area contributed by atoms with Crippen LogP contribution < -0.4 is 10.2 Å². The third-order valence-electron chi connectivity index (χ3n) is 3.06. The van der Waals surface area contributed by atoms with Gasteiger partial charge in [0.05, 0.1) is 16.6 Å². The van der Waals surface area contributed by atoms with Gasteiger partial charge in [-0.15, -0.1) is 11.3 Å². The maximum atomic E-state index is 9.53. The van der Waals surface area contributed by atoms with Crippen LogP contribution in [0.5, 0.6) is 5.75 Å². The summed E-state index contributed by atoms with van der Waals surface area (Å²) < 4.78 is 0. The van der Waals surface area contributed by atoms with Gasteiger partial charge in [-0.2, -0.15) is 0 Å². The number of thiazole rings is 1. The Labute approximate surface area is 138 Å². The van der Waals surface area contributed by atoms with Crippen LogP contribution in [0.4, 0.5) is 10.8 Å². The van der Waals surface area contributed by atoms with E-state index in [1.165, 1.54) is 0 Å². The summed E-state index contributed by atoms with van der Waals surface area (Å²) in [6, 6.07) is 3.30. The Balaban J connectivity index is 2.03. The van der Waals surface area contributed by atoms with Crippen molar-refractivity contribution in [2.45, 2.75) is 20.4 Å². The molecular formula is C14H17Cl2N3OS. The summed E-state index contributed by atoms with van der Waals surface area (Å²) in [5.41, 5.74) is 0.764. The van der Waals surface area contributed by atoms with E-state index in [1.807, 2.05) is 6.20 Å². The molecule has 0 saturated heterocycles. The molecule has 0 aliphatic carbocycles. The summed E-state index contributed by atoms with van der Waals surface area (Å²) in [7, 11) is 0. The number of rotatable bonds is 6. The van der Waals surface area contributed by atoms with Crippen molar-refractivity contribution in [1.82, 2.24) is 4.98 Å². The lowest BCUT2D eigenvalue weighted by Crippen LogP contribution is -2.21. The van der Waals surface area contributed by atoms with Gasteiger partial charge in [0.2, 0.25) is 0 Å². The first-order valence-electron chi connectivity index (χ1n) is 6.66. The number of phenols is 1. The first kappa shape index (κ1) is 16.2. The van der Waals surface area contributed by atoms with Gasteiger partial charge in [0.1, 0.15) is 0 Å². The maximum Gasteiger partial charge on any atom is 0.185 e. The molecule has 1 aromatic carbocycles. The molecule has 0 unspecified atom stereocenters. The first-order valence-corrected chi connectivity index (χ1v) is 8.23. The molecule has 2 aromatic rings. The van der Waals surface area contributed by atoms with Crippen LogP contribution in [-0.2, 0) is 6.54 Å². The molecule has 0 fully saturated rings. The van der Waals surface area contributed by atoms with Crippen molar-refractivity contribution in [2.75, 3.05) is 23.3 Å². The molecule has 114 valence electrons. The highest BCUT2D eigenvalue weighted by atomic mass is 35.5. The number of aromatic hydroxyl groups is 1. The topological polar surface area (TPSA) is 48.4 Å². The van der Waals surface area contributed by atoms with E-state index in [4.69, 9.17) is 23.2 Å². The third-order valence-corrected chi connectivity index (χ3v) is 4.69. The van der Waals surface area contributed by atoms with Crippen molar-refractivity contribution in [3.8, 4) is 5.75 Å². The second kappa shape index (κ2) is 7.20. The monoisotopic (exact) mass is 345 g/mol. The second-order valence-electron chi connectivity index (χ2n) is 4.42. The van der Waals surface area contributed by atoms with Gasteiger partial charge in [0.25, 0.3) is 0 Å². The number of benzene rings is 1. The van der Waals surface area contributed by atoms with Gasteiger partial charge in [-0.05, 0) is 26.0 Å². The van der Waals surface area contributed by atoms with Crippen molar-refractivity contribution < 1.29 is 5.11 Å². The van der Waals surface area contributed by atoms with Crippen molar-refractivity contribution in [2.24, 2.45) is 0 Å². The molecule has 21 heavy (non-hydrogen) atoms. The van der Waals surface area contributed by atoms with E-state index < -0.39 is 0 Å². The predicted molar refractivity (Wildman–Crippen MR) is 91.1 cm³/mol. The molecule has 0 spiro atoms. The minimum Gasteiger partial charge on any atom is -0.505 e. The quantitative estimate of drug-likeness (QED) is 0.750. The average molecular weight is 346 g/mol. The van der Waals surface area contributed by atoms with E-state index in [2.05, 4.69) is 29.0 Å². The summed E-state index contributed by atoms with van der Waals surface area (Å²) in [5.74, 6) is -0.0921. The molecule has 1 aromatic heterocycles. The van der Waals surface area contributed by atoms with E-state index in [0.29, 0.717) is 6.54 Å². The van der Waals surface area contributed by atoms with Gasteiger partial charge in [0.15, 0.2) is 10.9 Å². The molecular weight excluding hydrogens is 329 g/mol. The lowest BCUT2D eigenvalue weighted by molar-refractivity contribution is 0.476. The summed E-state index contributed by atoms with van der Waals surface area (Å²) in [4.78, 5) is 7.77. The fraction of sp³-hybridized carbons (Fsp3) is 0.357. The van der Waals surface area contributed by atoms with Crippen LogP contribution in [0.2, 0.25) is 10.0 Å². The van der Waals surface area contributed by atoms with Crippen LogP contribution in [0.15, 0.2) is 18.3 Å². The Morgan fingerprint density at radius 3 is 2.43 bits per heavy atom. The highest BCUT2D eigenvalue weighted by Gasteiger charge is 2.09. The SMILES string of the molecule is CCN(CC)c1ncc(CNc2cc(Cl)c(O)c(Cl)c2)s1. The van der Waals surface area contributed by atoms with Crippen molar-refractivity contribution in [1.29, 1.82) is 0 Å². The van der Waals surface area contributed by atoms with Crippen LogP contribution >= 0.6 is 34.5 Å². The molecule has 0 aliphatic heterocycles. The van der Waals surface area contributed by atoms with Crippen LogP contribution in [0, 0.1) is 0 Å². The number of hydrogen-bond donors (Lipinski definition) is 2. The van der Waals surface area contributed by atoms with E-state index in [0.717, 1.165) is 28.8 Å². The molecule has 0 bridgehead atoms. The zero-order chi connectivity index (χ0) is 15.4. The van der Waals surface area contributed by atoms with Crippen molar-refractivity contribution >= 4 is 45.4 Å². The van der Waals surface area contributed by atoms with Crippen LogP contribution in [0.1, 0.15) is 18.7 Å². The average Bonchev–Trinajstić information content (AvgIpc) is 2.92. The Morgan fingerprint density at radius 1 is 1.24 bits per heavy atom. The second-order valence-corrected chi connectivity index (χ2v) is 6.33. The molecule has 1 heterocycles. The molecule has 7 heteroatoms. The largest absolute Gasteiger partial charge is 0.505 e. The number of halogens is 2. The van der Waals surface area contributed by atoms with Crippen molar-refractivity contribution in [3.63, 3.8) is 0 Å². The number of anilines is 2. The molecule has 4 nitrogen and oxygen atoms in total. The number of nitrogens with one attached hydrogen (secondary N) is 1. The van der Waals surface area contributed by atoms with Gasteiger partial charge in [-0.3, -0.25) is 0 Å². The molecule has 0 aliphatic rings. The Kier molecular flexibility index (Phi) is 5.56. The van der Waals surface area contributed by atoms with Crippen molar-refractivity contribution in [3.05, 3.63) is 33.3 Å². The summed E-state index contributed by atoms with van der Waals surface area (Å²) in [5, 5.41) is 14.3.